The van der Waals surface area contributed by atoms with Crippen molar-refractivity contribution in [1.29, 1.82) is 0 Å². The minimum Gasteiger partial charge on any atom is -0.352 e. The summed E-state index contributed by atoms with van der Waals surface area (Å²) in [6.07, 6.45) is 4.23. The van der Waals surface area contributed by atoms with E-state index < -0.39 is 5.95 Å². The molecule has 1 aromatic carbocycles. The van der Waals surface area contributed by atoms with Gasteiger partial charge in [-0.1, -0.05) is 6.07 Å². The molecule has 6 heteroatoms. The first-order valence-corrected chi connectivity index (χ1v) is 7.85. The van der Waals surface area contributed by atoms with E-state index in [0.29, 0.717) is 29.5 Å². The van der Waals surface area contributed by atoms with Gasteiger partial charge in [0.1, 0.15) is 0 Å². The molecule has 0 spiro atoms. The molecule has 0 radical (unpaired) electrons. The Balaban J connectivity index is 1.40. The van der Waals surface area contributed by atoms with Crippen molar-refractivity contribution in [2.45, 2.75) is 44.3 Å². The molecule has 22 heavy (non-hydrogen) atoms. The molecule has 4 rings (SSSR count). The quantitative estimate of drug-likeness (QED) is 0.810. The zero-order chi connectivity index (χ0) is 15.1. The van der Waals surface area contributed by atoms with Crippen molar-refractivity contribution in [3.63, 3.8) is 0 Å². The second kappa shape index (κ2) is 5.35. The molecule has 2 saturated heterocycles. The molecule has 5 nitrogen and oxygen atoms in total. The van der Waals surface area contributed by atoms with E-state index in [1.54, 1.807) is 12.1 Å². The minimum atomic E-state index is -0.432. The summed E-state index contributed by atoms with van der Waals surface area (Å²) in [6.45, 7) is 0.429. The summed E-state index contributed by atoms with van der Waals surface area (Å²) in [6, 6.07) is 6.38. The van der Waals surface area contributed by atoms with Crippen LogP contribution in [0, 0.1) is 11.9 Å². The number of carbonyl (C=O) groups is 1. The Hall–Kier alpha value is -1.95. The topological polar surface area (TPSA) is 69.8 Å². The van der Waals surface area contributed by atoms with Crippen molar-refractivity contribution >= 4 is 16.8 Å². The van der Waals surface area contributed by atoms with Crippen LogP contribution in [0.1, 0.15) is 31.2 Å². The molecule has 116 valence electrons. The first-order valence-electron chi connectivity index (χ1n) is 7.85. The number of nitrogens with zero attached hydrogens (tertiary/aromatic N) is 1. The van der Waals surface area contributed by atoms with Gasteiger partial charge in [0.15, 0.2) is 0 Å². The summed E-state index contributed by atoms with van der Waals surface area (Å²) in [7, 11) is 0. The zero-order valence-corrected chi connectivity index (χ0v) is 12.2. The normalized spacial score (nSPS) is 27.2. The van der Waals surface area contributed by atoms with E-state index in [4.69, 9.17) is 0 Å². The number of halogens is 1. The van der Waals surface area contributed by atoms with Gasteiger partial charge in [0.25, 0.3) is 0 Å². The van der Waals surface area contributed by atoms with Gasteiger partial charge < -0.3 is 10.6 Å². The number of aromatic amines is 1. The van der Waals surface area contributed by atoms with E-state index in [-0.39, 0.29) is 11.8 Å². The number of aromatic nitrogens is 2. The number of benzene rings is 1. The number of amides is 1. The Kier molecular flexibility index (Phi) is 3.33. The van der Waals surface area contributed by atoms with Gasteiger partial charge in [0, 0.05) is 24.5 Å². The van der Waals surface area contributed by atoms with Gasteiger partial charge in [0.05, 0.1) is 10.9 Å². The molecule has 3 N–H and O–H groups in total. The highest BCUT2D eigenvalue weighted by molar-refractivity contribution is 5.80. The van der Waals surface area contributed by atoms with E-state index in [0.717, 1.165) is 18.4 Å². The summed E-state index contributed by atoms with van der Waals surface area (Å²) in [5.41, 5.74) is 1.49. The first kappa shape index (κ1) is 13.7. The highest BCUT2D eigenvalue weighted by Crippen LogP contribution is 2.31. The second-order valence-electron chi connectivity index (χ2n) is 6.41. The maximum Gasteiger partial charge on any atom is 0.223 e. The second-order valence-corrected chi connectivity index (χ2v) is 6.41. The molecule has 2 aliphatic heterocycles. The third-order valence-electron chi connectivity index (χ3n) is 4.88. The van der Waals surface area contributed by atoms with E-state index in [1.807, 2.05) is 6.07 Å². The number of fused-ring (bicyclic) bond motifs is 3. The molecule has 2 unspecified atom stereocenters. The predicted molar refractivity (Wildman–Crippen MR) is 80.6 cm³/mol. The highest BCUT2D eigenvalue weighted by atomic mass is 19.1. The van der Waals surface area contributed by atoms with Gasteiger partial charge >= 0.3 is 0 Å². The van der Waals surface area contributed by atoms with Crippen molar-refractivity contribution in [1.82, 2.24) is 20.8 Å². The van der Waals surface area contributed by atoms with Crippen LogP contribution in [0.5, 0.6) is 0 Å². The van der Waals surface area contributed by atoms with Crippen molar-refractivity contribution in [2.24, 2.45) is 5.92 Å². The van der Waals surface area contributed by atoms with Crippen LogP contribution in [0.2, 0.25) is 0 Å². The van der Waals surface area contributed by atoms with Crippen molar-refractivity contribution in [3.05, 3.63) is 29.7 Å². The largest absolute Gasteiger partial charge is 0.352 e. The van der Waals surface area contributed by atoms with Gasteiger partial charge in [-0.05, 0) is 43.4 Å². The molecule has 2 aliphatic rings. The average Bonchev–Trinajstić information content (AvgIpc) is 3.07. The summed E-state index contributed by atoms with van der Waals surface area (Å²) in [4.78, 5) is 12.3. The number of carbonyl (C=O) groups excluding carboxylic acids is 1. The Morgan fingerprint density at radius 2 is 2.09 bits per heavy atom. The first-order chi connectivity index (χ1) is 10.7. The maximum atomic E-state index is 13.5. The lowest BCUT2D eigenvalue weighted by atomic mass is 9.91. The number of H-pyrrole nitrogens is 1. The molecule has 2 aromatic rings. The molecule has 0 aliphatic carbocycles. The smallest absolute Gasteiger partial charge is 0.223 e. The minimum absolute atomic E-state index is 0.105. The Bertz CT molecular complexity index is 701. The summed E-state index contributed by atoms with van der Waals surface area (Å²) in [5, 5.41) is 13.2. The Morgan fingerprint density at radius 1 is 1.32 bits per heavy atom. The number of piperidine rings is 1. The van der Waals surface area contributed by atoms with Gasteiger partial charge in [-0.25, -0.2) is 0 Å². The van der Waals surface area contributed by atoms with E-state index in [9.17, 15) is 9.18 Å². The van der Waals surface area contributed by atoms with Gasteiger partial charge in [-0.15, -0.1) is 0 Å². The van der Waals surface area contributed by atoms with Crippen molar-refractivity contribution in [3.8, 4) is 0 Å². The summed E-state index contributed by atoms with van der Waals surface area (Å²) < 4.78 is 13.5. The number of hydrogen-bond donors (Lipinski definition) is 3. The van der Waals surface area contributed by atoms with Crippen LogP contribution in [0.4, 0.5) is 4.39 Å². The average molecular weight is 302 g/mol. The van der Waals surface area contributed by atoms with Crippen LogP contribution in [-0.2, 0) is 11.3 Å². The molecule has 0 saturated carbocycles. The lowest BCUT2D eigenvalue weighted by Crippen LogP contribution is -2.43. The standard InChI is InChI=1S/C16H19FN4O/c17-15-13-5-9(1-4-14(13)20-21-15)8-18-16(22)10-6-11-2-3-12(7-10)19-11/h1,4-5,10-12,19H,2-3,6-8H2,(H,18,22)(H,20,21). The lowest BCUT2D eigenvalue weighted by molar-refractivity contribution is -0.126. The van der Waals surface area contributed by atoms with Gasteiger partial charge in [-0.3, -0.25) is 9.89 Å². The molecule has 2 atom stereocenters. The third-order valence-corrected chi connectivity index (χ3v) is 4.88. The third kappa shape index (κ3) is 2.47. The SMILES string of the molecule is O=C(NCc1ccc2n[nH]c(F)c2c1)C1CC2CCC(C1)N2. The molecule has 1 amide bonds. The molecular weight excluding hydrogens is 283 g/mol. The van der Waals surface area contributed by atoms with E-state index >= 15 is 0 Å². The fourth-order valence-corrected chi connectivity index (χ4v) is 3.74. The van der Waals surface area contributed by atoms with E-state index in [1.165, 1.54) is 12.8 Å². The molecule has 3 heterocycles. The van der Waals surface area contributed by atoms with Crippen molar-refractivity contribution < 1.29 is 9.18 Å². The number of rotatable bonds is 3. The fraction of sp³-hybridized carbons (Fsp3) is 0.500. The summed E-state index contributed by atoms with van der Waals surface area (Å²) in [5.74, 6) is -0.211. The fourth-order valence-electron chi connectivity index (χ4n) is 3.74. The van der Waals surface area contributed by atoms with Crippen LogP contribution in [0.25, 0.3) is 10.9 Å². The number of hydrogen-bond acceptors (Lipinski definition) is 3. The predicted octanol–water partition coefficient (Wildman–Crippen LogP) is 1.85. The van der Waals surface area contributed by atoms with Gasteiger partial charge in [-0.2, -0.15) is 9.49 Å². The van der Waals surface area contributed by atoms with Crippen LogP contribution < -0.4 is 10.6 Å². The number of nitrogens with one attached hydrogen (secondary N) is 3. The molecule has 2 bridgehead atoms. The Labute approximate surface area is 127 Å². The highest BCUT2D eigenvalue weighted by Gasteiger charge is 2.36. The van der Waals surface area contributed by atoms with Crippen LogP contribution in [-0.4, -0.2) is 28.2 Å². The zero-order valence-electron chi connectivity index (χ0n) is 12.2. The Morgan fingerprint density at radius 3 is 2.86 bits per heavy atom. The monoisotopic (exact) mass is 302 g/mol. The van der Waals surface area contributed by atoms with E-state index in [2.05, 4.69) is 20.8 Å². The molecule has 2 fully saturated rings. The van der Waals surface area contributed by atoms with Gasteiger partial charge in [0.2, 0.25) is 11.9 Å². The molecular formula is C16H19FN4O. The maximum absolute atomic E-state index is 13.5. The molecule has 1 aromatic heterocycles. The summed E-state index contributed by atoms with van der Waals surface area (Å²) >= 11 is 0. The van der Waals surface area contributed by atoms with Crippen LogP contribution >= 0.6 is 0 Å². The van der Waals surface area contributed by atoms with Crippen molar-refractivity contribution in [2.75, 3.05) is 0 Å². The lowest BCUT2D eigenvalue weighted by Gasteiger charge is -2.28. The van der Waals surface area contributed by atoms with Crippen LogP contribution in [0.3, 0.4) is 0 Å². The van der Waals surface area contributed by atoms with Crippen LogP contribution in [0.15, 0.2) is 18.2 Å².